The van der Waals surface area contributed by atoms with E-state index >= 15 is 0 Å². The average molecular weight is 426 g/mol. The average Bonchev–Trinajstić information content (AvgIpc) is 3.15. The Balaban J connectivity index is 1.68. The summed E-state index contributed by atoms with van der Waals surface area (Å²) in [6, 6.07) is 4.61. The molecule has 0 aliphatic carbocycles. The quantitative estimate of drug-likeness (QED) is 0.629. The van der Waals surface area contributed by atoms with Gasteiger partial charge in [0, 0.05) is 23.7 Å². The van der Waals surface area contributed by atoms with Crippen LogP contribution >= 0.6 is 0 Å². The van der Waals surface area contributed by atoms with Gasteiger partial charge in [0.25, 0.3) is 5.91 Å². The van der Waals surface area contributed by atoms with Gasteiger partial charge in [0.1, 0.15) is 5.75 Å². The second-order valence-electron chi connectivity index (χ2n) is 7.18. The van der Waals surface area contributed by atoms with Gasteiger partial charge in [-0.3, -0.25) is 9.48 Å². The van der Waals surface area contributed by atoms with Gasteiger partial charge in [-0.25, -0.2) is 4.98 Å². The third-order valence-corrected chi connectivity index (χ3v) is 5.05. The molecule has 1 saturated heterocycles. The van der Waals surface area contributed by atoms with Crippen molar-refractivity contribution in [2.24, 2.45) is 5.92 Å². The second kappa shape index (κ2) is 6.64. The van der Waals surface area contributed by atoms with E-state index in [1.165, 1.54) is 23.9 Å². The highest BCUT2D eigenvalue weighted by Crippen LogP contribution is 2.39. The van der Waals surface area contributed by atoms with E-state index in [0.29, 0.717) is 11.5 Å². The number of alkyl halides is 5. The van der Waals surface area contributed by atoms with Crippen molar-refractivity contribution in [1.29, 1.82) is 0 Å². The Bertz CT molecular complexity index is 1130. The number of halogens is 5. The van der Waals surface area contributed by atoms with Crippen molar-refractivity contribution in [2.45, 2.75) is 25.6 Å². The van der Waals surface area contributed by atoms with Crippen molar-refractivity contribution in [3.63, 3.8) is 0 Å². The number of hydrogen-bond acceptors (Lipinski definition) is 4. The predicted octanol–water partition coefficient (Wildman–Crippen LogP) is 3.51. The van der Waals surface area contributed by atoms with E-state index in [1.54, 1.807) is 6.07 Å². The van der Waals surface area contributed by atoms with Gasteiger partial charge in [-0.2, -0.15) is 27.1 Å². The fourth-order valence-corrected chi connectivity index (χ4v) is 3.50. The van der Waals surface area contributed by atoms with Crippen LogP contribution < -0.4 is 5.32 Å². The van der Waals surface area contributed by atoms with Crippen LogP contribution in [0.4, 0.5) is 22.0 Å². The zero-order valence-corrected chi connectivity index (χ0v) is 15.5. The summed E-state index contributed by atoms with van der Waals surface area (Å²) in [4.78, 5) is 15.5. The number of carbonyl (C=O) groups excluding carboxylic acids is 1. The molecule has 158 valence electrons. The molecule has 1 aliphatic heterocycles. The summed E-state index contributed by atoms with van der Waals surface area (Å²) in [6.07, 6.45) is -3.11. The molecule has 1 fully saturated rings. The van der Waals surface area contributed by atoms with E-state index in [1.807, 2.05) is 0 Å². The predicted molar refractivity (Wildman–Crippen MR) is 95.8 cm³/mol. The van der Waals surface area contributed by atoms with Crippen LogP contribution in [-0.4, -0.2) is 38.2 Å². The molecule has 3 heterocycles. The summed E-state index contributed by atoms with van der Waals surface area (Å²) < 4.78 is 67.7. The maximum absolute atomic E-state index is 13.9. The van der Waals surface area contributed by atoms with Crippen LogP contribution in [0, 0.1) is 12.8 Å². The Labute approximate surface area is 166 Å². The number of amides is 1. The van der Waals surface area contributed by atoms with E-state index in [0.717, 1.165) is 6.07 Å². The summed E-state index contributed by atoms with van der Waals surface area (Å²) in [6.45, 7) is 1.02. The summed E-state index contributed by atoms with van der Waals surface area (Å²) in [5.74, 6) is -6.67. The Hall–Kier alpha value is -3.24. The Morgan fingerprint density at radius 1 is 1.30 bits per heavy atom. The number of nitrogens with one attached hydrogen (secondary N) is 1. The molecule has 1 unspecified atom stereocenters. The highest BCUT2D eigenvalue weighted by atomic mass is 19.4. The van der Waals surface area contributed by atoms with E-state index in [2.05, 4.69) is 15.4 Å². The lowest BCUT2D eigenvalue weighted by atomic mass is 10.00. The maximum Gasteiger partial charge on any atom is 0.416 e. The van der Waals surface area contributed by atoms with Gasteiger partial charge in [-0.15, -0.1) is 0 Å². The molecule has 3 aromatic rings. The number of carbonyl (C=O) groups is 1. The van der Waals surface area contributed by atoms with Crippen LogP contribution in [0.5, 0.6) is 5.75 Å². The molecule has 0 saturated carbocycles. The smallest absolute Gasteiger partial charge is 0.416 e. The Morgan fingerprint density at radius 3 is 2.63 bits per heavy atom. The molecule has 2 N–H and O–H groups in total. The molecule has 11 heteroatoms. The number of fused-ring (bicyclic) bond motifs is 1. The molecule has 1 aromatic carbocycles. The lowest BCUT2D eigenvalue weighted by molar-refractivity contribution is -0.145. The van der Waals surface area contributed by atoms with Gasteiger partial charge >= 0.3 is 12.1 Å². The number of hydrogen-bond donors (Lipinski definition) is 2. The largest absolute Gasteiger partial charge is 0.507 e. The Morgan fingerprint density at radius 2 is 2.03 bits per heavy atom. The molecule has 4 rings (SSSR count). The second-order valence-corrected chi connectivity index (χ2v) is 7.18. The van der Waals surface area contributed by atoms with Crippen molar-refractivity contribution < 1.29 is 31.9 Å². The molecule has 6 nitrogen and oxygen atoms in total. The van der Waals surface area contributed by atoms with Gasteiger partial charge in [0.15, 0.2) is 5.65 Å². The van der Waals surface area contributed by atoms with Gasteiger partial charge < -0.3 is 10.4 Å². The summed E-state index contributed by atoms with van der Waals surface area (Å²) in [5.41, 5.74) is -0.320. The van der Waals surface area contributed by atoms with E-state index in [-0.39, 0.29) is 35.6 Å². The number of aryl methyl sites for hydroxylation is 1. The normalized spacial score (nSPS) is 18.7. The lowest BCUT2D eigenvalue weighted by Crippen LogP contribution is -2.34. The summed E-state index contributed by atoms with van der Waals surface area (Å²) >= 11 is 0. The zero-order chi connectivity index (χ0) is 21.8. The van der Waals surface area contributed by atoms with Crippen LogP contribution in [0.2, 0.25) is 0 Å². The fourth-order valence-electron chi connectivity index (χ4n) is 3.50. The van der Waals surface area contributed by atoms with Gasteiger partial charge in [-0.05, 0) is 36.8 Å². The van der Waals surface area contributed by atoms with Crippen LogP contribution in [-0.2, 0) is 17.5 Å². The molecule has 0 radical (unpaired) electrons. The van der Waals surface area contributed by atoms with Crippen LogP contribution in [0.25, 0.3) is 22.3 Å². The summed E-state index contributed by atoms with van der Waals surface area (Å²) in [7, 11) is 0. The molecule has 2 aromatic heterocycles. The fraction of sp³-hybridized carbons (Fsp3) is 0.316. The van der Waals surface area contributed by atoms with Gasteiger partial charge in [0.2, 0.25) is 0 Å². The first kappa shape index (κ1) is 20.0. The minimum atomic E-state index is -4.60. The number of phenols is 1. The van der Waals surface area contributed by atoms with E-state index in [4.69, 9.17) is 0 Å². The minimum absolute atomic E-state index is 0.122. The number of aromatic hydroxyl groups is 1. The van der Waals surface area contributed by atoms with Crippen LogP contribution in [0.15, 0.2) is 30.5 Å². The SMILES string of the molecule is Cc1cc(C(F)(F)F)cc(O)c1-c1ccc2cn(CC3CNC(=O)C3(F)F)nc2n1. The van der Waals surface area contributed by atoms with Crippen LogP contribution in [0.1, 0.15) is 11.1 Å². The first-order valence-electron chi connectivity index (χ1n) is 8.88. The Kier molecular flexibility index (Phi) is 4.44. The number of nitrogens with zero attached hydrogens (tertiary/aromatic N) is 3. The first-order valence-corrected chi connectivity index (χ1v) is 8.88. The highest BCUT2D eigenvalue weighted by Gasteiger charge is 2.52. The lowest BCUT2D eigenvalue weighted by Gasteiger charge is -2.15. The third-order valence-electron chi connectivity index (χ3n) is 5.05. The number of benzene rings is 1. The van der Waals surface area contributed by atoms with Crippen molar-refractivity contribution in [2.75, 3.05) is 6.54 Å². The molecule has 1 atom stereocenters. The van der Waals surface area contributed by atoms with Gasteiger partial charge in [0.05, 0.1) is 23.7 Å². The number of aromatic nitrogens is 3. The molecule has 0 spiro atoms. The molecule has 1 amide bonds. The standard InChI is InChI=1S/C19H15F5N4O2/c1-9-4-11(19(22,23)24)5-14(29)15(9)13-3-2-10-7-28(27-16(10)26-13)8-12-6-25-17(30)18(12,20)21/h2-5,7,12,29H,6,8H2,1H3,(H,25,30). The number of rotatable bonds is 3. The molecular formula is C19H15F5N4O2. The molecule has 30 heavy (non-hydrogen) atoms. The molecular weight excluding hydrogens is 411 g/mol. The molecule has 0 bridgehead atoms. The van der Waals surface area contributed by atoms with E-state index < -0.39 is 35.2 Å². The van der Waals surface area contributed by atoms with E-state index in [9.17, 15) is 31.9 Å². The minimum Gasteiger partial charge on any atom is -0.507 e. The first-order chi connectivity index (χ1) is 14.0. The number of pyridine rings is 1. The molecule has 1 aliphatic rings. The monoisotopic (exact) mass is 426 g/mol. The maximum atomic E-state index is 13.9. The van der Waals surface area contributed by atoms with Crippen molar-refractivity contribution in [3.8, 4) is 17.0 Å². The van der Waals surface area contributed by atoms with Crippen molar-refractivity contribution in [3.05, 3.63) is 41.6 Å². The van der Waals surface area contributed by atoms with Crippen LogP contribution in [0.3, 0.4) is 0 Å². The zero-order valence-electron chi connectivity index (χ0n) is 15.5. The van der Waals surface area contributed by atoms with Gasteiger partial charge in [-0.1, -0.05) is 0 Å². The van der Waals surface area contributed by atoms with Crippen molar-refractivity contribution in [1.82, 2.24) is 20.1 Å². The van der Waals surface area contributed by atoms with Crippen molar-refractivity contribution >= 4 is 16.9 Å². The summed E-state index contributed by atoms with van der Waals surface area (Å²) in [5, 5.41) is 16.9. The highest BCUT2D eigenvalue weighted by molar-refractivity contribution is 5.86. The third kappa shape index (κ3) is 3.33. The topological polar surface area (TPSA) is 80.0 Å². The number of phenolic OH excluding ortho intramolecular Hbond substituents is 1.